The second-order valence-electron chi connectivity index (χ2n) is 5.55. The number of ether oxygens (including phenoxy) is 2. The molecule has 27 heavy (non-hydrogen) atoms. The number of benzene rings is 2. The maximum absolute atomic E-state index is 11.8. The minimum Gasteiger partial charge on any atom is -0.490 e. The van der Waals surface area contributed by atoms with E-state index in [9.17, 15) is 9.90 Å². The summed E-state index contributed by atoms with van der Waals surface area (Å²) in [4.78, 5) is 11.8. The largest absolute Gasteiger partial charge is 0.490 e. The topological polar surface area (TPSA) is 126 Å². The average Bonchev–Trinajstić information content (AvgIpc) is 2.67. The van der Waals surface area contributed by atoms with Gasteiger partial charge < -0.3 is 30.8 Å². The molecule has 5 N–H and O–H groups in total. The van der Waals surface area contributed by atoms with E-state index >= 15 is 0 Å². The summed E-state index contributed by atoms with van der Waals surface area (Å²) in [5.74, 6) is -0.00569. The first kappa shape index (κ1) is 19.9. The molecule has 2 aromatic rings. The molecule has 0 heterocycles. The van der Waals surface area contributed by atoms with Gasteiger partial charge in [0.25, 0.3) is 0 Å². The smallest absolute Gasteiger partial charge is 0.330 e. The van der Waals surface area contributed by atoms with Crippen molar-refractivity contribution in [2.75, 3.05) is 18.5 Å². The predicted molar refractivity (Wildman–Crippen MR) is 102 cm³/mol. The van der Waals surface area contributed by atoms with Crippen LogP contribution in [0, 0.1) is 0 Å². The van der Waals surface area contributed by atoms with Gasteiger partial charge in [-0.2, -0.15) is 0 Å². The second-order valence-corrected chi connectivity index (χ2v) is 5.55. The van der Waals surface area contributed by atoms with Crippen molar-refractivity contribution in [3.05, 3.63) is 53.6 Å². The summed E-state index contributed by atoms with van der Waals surface area (Å²) in [6.45, 7) is 4.62. The number of carbonyl (C=O) groups is 1. The lowest BCUT2D eigenvalue weighted by molar-refractivity contribution is -0.138. The molecule has 1 atom stereocenters. The fourth-order valence-electron chi connectivity index (χ4n) is 2.50. The van der Waals surface area contributed by atoms with Gasteiger partial charge in [0, 0.05) is 11.3 Å². The molecule has 0 saturated carbocycles. The zero-order valence-corrected chi connectivity index (χ0v) is 15.2. The molecule has 0 aliphatic carbocycles. The van der Waals surface area contributed by atoms with Crippen molar-refractivity contribution in [3.8, 4) is 11.5 Å². The lowest BCUT2D eigenvalue weighted by atomic mass is 10.1. The number of aliphatic carboxylic acids is 1. The van der Waals surface area contributed by atoms with E-state index in [1.54, 1.807) is 42.5 Å². The number of hydrogen-bond acceptors (Lipinski definition) is 6. The molecule has 144 valence electrons. The Morgan fingerprint density at radius 3 is 2.30 bits per heavy atom. The monoisotopic (exact) mass is 373 g/mol. The number of amidine groups is 1. The highest BCUT2D eigenvalue weighted by Crippen LogP contribution is 2.32. The van der Waals surface area contributed by atoms with Crippen molar-refractivity contribution < 1.29 is 24.6 Å². The number of hydrogen-bond donors (Lipinski definition) is 4. The third kappa shape index (κ3) is 5.04. The molecule has 0 bridgehead atoms. The van der Waals surface area contributed by atoms with Crippen LogP contribution in [0.25, 0.3) is 0 Å². The molecule has 2 aromatic carbocycles. The van der Waals surface area contributed by atoms with Crippen LogP contribution in [0.2, 0.25) is 0 Å². The van der Waals surface area contributed by atoms with Gasteiger partial charge in [0.1, 0.15) is 0 Å². The van der Waals surface area contributed by atoms with E-state index in [4.69, 9.17) is 20.4 Å². The fourth-order valence-corrected chi connectivity index (χ4v) is 2.50. The molecule has 0 aliphatic heterocycles. The Hall–Kier alpha value is -3.42. The maximum atomic E-state index is 11.8. The van der Waals surface area contributed by atoms with Gasteiger partial charge in [-0.1, -0.05) is 11.2 Å². The molecule has 0 spiro atoms. The highest BCUT2D eigenvalue weighted by atomic mass is 16.5. The minimum atomic E-state index is -1.04. The molecule has 0 aliphatic rings. The van der Waals surface area contributed by atoms with Crippen LogP contribution in [0.5, 0.6) is 11.5 Å². The summed E-state index contributed by atoms with van der Waals surface area (Å²) >= 11 is 0. The second kappa shape index (κ2) is 9.33. The Morgan fingerprint density at radius 1 is 1.11 bits per heavy atom. The van der Waals surface area contributed by atoms with Crippen LogP contribution in [-0.2, 0) is 4.79 Å². The van der Waals surface area contributed by atoms with Gasteiger partial charge in [0.15, 0.2) is 23.4 Å². The van der Waals surface area contributed by atoms with E-state index < -0.39 is 12.0 Å². The maximum Gasteiger partial charge on any atom is 0.330 e. The van der Waals surface area contributed by atoms with Gasteiger partial charge >= 0.3 is 5.97 Å². The van der Waals surface area contributed by atoms with E-state index in [0.717, 1.165) is 0 Å². The summed E-state index contributed by atoms with van der Waals surface area (Å²) in [6.07, 6.45) is 0. The third-order valence-corrected chi connectivity index (χ3v) is 3.75. The average molecular weight is 373 g/mol. The molecule has 2 rings (SSSR count). The van der Waals surface area contributed by atoms with Crippen molar-refractivity contribution in [1.82, 2.24) is 0 Å². The molecule has 1 unspecified atom stereocenters. The SMILES string of the molecule is CCOc1ccc(C(Nc2ccc(/C(N)=N/O)cc2)C(=O)O)cc1OCC. The van der Waals surface area contributed by atoms with Gasteiger partial charge in [-0.15, -0.1) is 0 Å². The Bertz CT molecular complexity index is 805. The zero-order chi connectivity index (χ0) is 19.8. The molecular weight excluding hydrogens is 350 g/mol. The summed E-state index contributed by atoms with van der Waals surface area (Å²) in [5.41, 5.74) is 7.15. The molecule has 0 amide bonds. The number of carboxylic acid groups (broad SMARTS) is 1. The number of oxime groups is 1. The number of rotatable bonds is 9. The predicted octanol–water partition coefficient (Wildman–Crippen LogP) is 2.82. The van der Waals surface area contributed by atoms with Crippen molar-refractivity contribution in [2.24, 2.45) is 10.9 Å². The van der Waals surface area contributed by atoms with E-state index in [1.165, 1.54) is 0 Å². The molecule has 0 saturated heterocycles. The third-order valence-electron chi connectivity index (χ3n) is 3.75. The summed E-state index contributed by atoms with van der Waals surface area (Å²) in [6, 6.07) is 10.6. The Balaban J connectivity index is 2.29. The van der Waals surface area contributed by atoms with Crippen LogP contribution < -0.4 is 20.5 Å². The van der Waals surface area contributed by atoms with Gasteiger partial charge in [-0.05, 0) is 55.8 Å². The van der Waals surface area contributed by atoms with Crippen molar-refractivity contribution in [2.45, 2.75) is 19.9 Å². The molecule has 8 nitrogen and oxygen atoms in total. The van der Waals surface area contributed by atoms with Gasteiger partial charge in [0.05, 0.1) is 13.2 Å². The van der Waals surface area contributed by atoms with E-state index in [0.29, 0.717) is 41.5 Å². The van der Waals surface area contributed by atoms with Crippen molar-refractivity contribution >= 4 is 17.5 Å². The molecule has 0 fully saturated rings. The molecule has 0 radical (unpaired) electrons. The number of nitrogens with two attached hydrogens (primary N) is 1. The first-order valence-electron chi connectivity index (χ1n) is 8.47. The lowest BCUT2D eigenvalue weighted by Crippen LogP contribution is -2.21. The zero-order valence-electron chi connectivity index (χ0n) is 15.2. The highest BCUT2D eigenvalue weighted by molar-refractivity contribution is 5.97. The quantitative estimate of drug-likeness (QED) is 0.230. The first-order chi connectivity index (χ1) is 13.0. The van der Waals surface area contributed by atoms with Crippen molar-refractivity contribution in [3.63, 3.8) is 0 Å². The first-order valence-corrected chi connectivity index (χ1v) is 8.47. The van der Waals surface area contributed by atoms with E-state index in [-0.39, 0.29) is 5.84 Å². The Morgan fingerprint density at radius 2 is 1.74 bits per heavy atom. The van der Waals surface area contributed by atoms with Crippen LogP contribution >= 0.6 is 0 Å². The van der Waals surface area contributed by atoms with Crippen LogP contribution in [0.3, 0.4) is 0 Å². The van der Waals surface area contributed by atoms with Crippen LogP contribution in [-0.4, -0.2) is 35.3 Å². The van der Waals surface area contributed by atoms with Crippen LogP contribution in [0.4, 0.5) is 5.69 Å². The number of carboxylic acids is 1. The van der Waals surface area contributed by atoms with E-state index in [1.807, 2.05) is 13.8 Å². The summed E-state index contributed by atoms with van der Waals surface area (Å²) in [5, 5.41) is 24.2. The lowest BCUT2D eigenvalue weighted by Gasteiger charge is -2.19. The molecular formula is C19H23N3O5. The van der Waals surface area contributed by atoms with Gasteiger partial charge in [0.2, 0.25) is 0 Å². The molecule has 8 heteroatoms. The Labute approximate surface area is 157 Å². The van der Waals surface area contributed by atoms with Crippen molar-refractivity contribution in [1.29, 1.82) is 0 Å². The van der Waals surface area contributed by atoms with E-state index in [2.05, 4.69) is 10.5 Å². The standard InChI is InChI=1S/C19H23N3O5/c1-3-26-15-10-7-13(11-16(15)27-4-2)17(19(23)24)21-14-8-5-12(6-9-14)18(20)22-25/h5-11,17,21,25H,3-4H2,1-2H3,(H2,20,22)(H,23,24). The number of nitrogens with one attached hydrogen (secondary N) is 1. The number of nitrogens with zero attached hydrogens (tertiary/aromatic N) is 1. The highest BCUT2D eigenvalue weighted by Gasteiger charge is 2.21. The van der Waals surface area contributed by atoms with Crippen LogP contribution in [0.1, 0.15) is 31.0 Å². The van der Waals surface area contributed by atoms with Crippen LogP contribution in [0.15, 0.2) is 47.6 Å². The minimum absolute atomic E-state index is 0.0239. The number of anilines is 1. The normalized spacial score (nSPS) is 12.3. The summed E-state index contributed by atoms with van der Waals surface area (Å²) in [7, 11) is 0. The fraction of sp³-hybridized carbons (Fsp3) is 0.263. The van der Waals surface area contributed by atoms with Gasteiger partial charge in [-0.25, -0.2) is 4.79 Å². The Kier molecular flexibility index (Phi) is 6.87. The van der Waals surface area contributed by atoms with Gasteiger partial charge in [-0.3, -0.25) is 0 Å². The molecule has 0 aromatic heterocycles. The summed E-state index contributed by atoms with van der Waals surface area (Å²) < 4.78 is 11.1.